The summed E-state index contributed by atoms with van der Waals surface area (Å²) in [5.74, 6) is 1.36. The molecule has 0 unspecified atom stereocenters. The summed E-state index contributed by atoms with van der Waals surface area (Å²) in [6.45, 7) is 0. The summed E-state index contributed by atoms with van der Waals surface area (Å²) in [5.41, 5.74) is 9.34. The summed E-state index contributed by atoms with van der Waals surface area (Å²) in [4.78, 5) is 9.17. The third-order valence-electron chi connectivity index (χ3n) is 3.88. The molecule has 21 heavy (non-hydrogen) atoms. The number of benzene rings is 1. The molecule has 0 radical (unpaired) electrons. The molecular formula is C16H17Cl2N3. The largest absolute Gasteiger partial charge is 0.383 e. The molecule has 0 fully saturated rings. The first kappa shape index (κ1) is 14.6. The van der Waals surface area contributed by atoms with Gasteiger partial charge in [0, 0.05) is 27.7 Å². The number of fused-ring (bicyclic) bond motifs is 1. The van der Waals surface area contributed by atoms with Crippen molar-refractivity contribution in [2.45, 2.75) is 38.5 Å². The van der Waals surface area contributed by atoms with E-state index >= 15 is 0 Å². The monoisotopic (exact) mass is 321 g/mol. The van der Waals surface area contributed by atoms with Crippen LogP contribution in [0.3, 0.4) is 0 Å². The van der Waals surface area contributed by atoms with Gasteiger partial charge >= 0.3 is 0 Å². The van der Waals surface area contributed by atoms with Crippen LogP contribution >= 0.6 is 23.2 Å². The fourth-order valence-corrected chi connectivity index (χ4v) is 3.24. The van der Waals surface area contributed by atoms with E-state index in [9.17, 15) is 0 Å². The van der Waals surface area contributed by atoms with Crippen molar-refractivity contribution in [3.05, 3.63) is 50.9 Å². The molecule has 5 heteroatoms. The van der Waals surface area contributed by atoms with E-state index in [2.05, 4.69) is 4.98 Å². The maximum atomic E-state index is 6.22. The van der Waals surface area contributed by atoms with Crippen molar-refractivity contribution in [1.29, 1.82) is 0 Å². The minimum atomic E-state index is 0.577. The molecule has 0 bridgehead atoms. The van der Waals surface area contributed by atoms with Crippen LogP contribution < -0.4 is 5.73 Å². The first-order valence-electron chi connectivity index (χ1n) is 7.21. The maximum absolute atomic E-state index is 6.22. The molecule has 1 aliphatic carbocycles. The second kappa shape index (κ2) is 6.20. The first-order chi connectivity index (χ1) is 10.1. The van der Waals surface area contributed by atoms with Crippen LogP contribution in [0.4, 0.5) is 5.82 Å². The molecule has 0 saturated heterocycles. The van der Waals surface area contributed by atoms with E-state index < -0.39 is 0 Å². The van der Waals surface area contributed by atoms with Gasteiger partial charge in [-0.1, -0.05) is 35.7 Å². The van der Waals surface area contributed by atoms with Crippen LogP contribution in [0.5, 0.6) is 0 Å². The minimum Gasteiger partial charge on any atom is -0.383 e. The fraction of sp³-hybridized carbons (Fsp3) is 0.375. The van der Waals surface area contributed by atoms with Gasteiger partial charge in [0.25, 0.3) is 0 Å². The van der Waals surface area contributed by atoms with E-state index in [1.165, 1.54) is 19.3 Å². The summed E-state index contributed by atoms with van der Waals surface area (Å²) >= 11 is 12.1. The van der Waals surface area contributed by atoms with Crippen LogP contribution in [0.25, 0.3) is 0 Å². The lowest BCUT2D eigenvalue weighted by Crippen LogP contribution is -2.09. The number of anilines is 1. The first-order valence-corrected chi connectivity index (χ1v) is 7.97. The number of hydrogen-bond donors (Lipinski definition) is 1. The lowest BCUT2D eigenvalue weighted by molar-refractivity contribution is 0.708. The number of halogens is 2. The van der Waals surface area contributed by atoms with E-state index in [0.717, 1.165) is 35.5 Å². The lowest BCUT2D eigenvalue weighted by Gasteiger charge is -2.11. The molecule has 1 heterocycles. The summed E-state index contributed by atoms with van der Waals surface area (Å²) in [7, 11) is 0. The summed E-state index contributed by atoms with van der Waals surface area (Å²) in [5, 5.41) is 1.27. The molecule has 0 saturated carbocycles. The van der Waals surface area contributed by atoms with Gasteiger partial charge in [-0.15, -0.1) is 0 Å². The Balaban J connectivity index is 1.92. The Morgan fingerprint density at radius 2 is 1.86 bits per heavy atom. The van der Waals surface area contributed by atoms with Crippen LogP contribution in [0, 0.1) is 0 Å². The normalized spacial score (nSPS) is 14.6. The summed E-state index contributed by atoms with van der Waals surface area (Å²) in [6.07, 6.45) is 6.13. The molecular weight excluding hydrogens is 305 g/mol. The van der Waals surface area contributed by atoms with E-state index in [-0.39, 0.29) is 0 Å². The molecule has 0 atom stereocenters. The molecule has 110 valence electrons. The number of nitrogens with zero attached hydrogens (tertiary/aromatic N) is 2. The van der Waals surface area contributed by atoms with Gasteiger partial charge in [0.1, 0.15) is 11.6 Å². The second-order valence-electron chi connectivity index (χ2n) is 5.42. The van der Waals surface area contributed by atoms with E-state index in [1.807, 2.05) is 12.1 Å². The highest BCUT2D eigenvalue weighted by atomic mass is 35.5. The van der Waals surface area contributed by atoms with Crippen LogP contribution in [0.15, 0.2) is 18.2 Å². The lowest BCUT2D eigenvalue weighted by atomic mass is 10.1. The van der Waals surface area contributed by atoms with Crippen molar-refractivity contribution in [3.63, 3.8) is 0 Å². The molecule has 0 spiro atoms. The number of aryl methyl sites for hydroxylation is 1. The molecule has 2 N–H and O–H groups in total. The average molecular weight is 322 g/mol. The third kappa shape index (κ3) is 3.30. The number of nitrogen functional groups attached to an aromatic ring is 1. The Kier molecular flexibility index (Phi) is 4.32. The van der Waals surface area contributed by atoms with Crippen molar-refractivity contribution in [2.75, 3.05) is 5.73 Å². The van der Waals surface area contributed by atoms with E-state index in [1.54, 1.807) is 6.07 Å². The predicted molar refractivity (Wildman–Crippen MR) is 87.0 cm³/mol. The van der Waals surface area contributed by atoms with Gasteiger partial charge in [-0.25, -0.2) is 9.97 Å². The molecule has 3 nitrogen and oxygen atoms in total. The number of nitrogens with two attached hydrogens (primary N) is 1. The van der Waals surface area contributed by atoms with Crippen molar-refractivity contribution in [2.24, 2.45) is 0 Å². The van der Waals surface area contributed by atoms with Crippen LogP contribution in [0.2, 0.25) is 10.0 Å². The van der Waals surface area contributed by atoms with Crippen LogP contribution in [0.1, 0.15) is 41.9 Å². The highest BCUT2D eigenvalue weighted by molar-refractivity contribution is 6.35. The van der Waals surface area contributed by atoms with Crippen LogP contribution in [-0.2, 0) is 19.3 Å². The predicted octanol–water partition coefficient (Wildman–Crippen LogP) is 4.23. The van der Waals surface area contributed by atoms with Gasteiger partial charge in [-0.3, -0.25) is 0 Å². The molecule has 0 aliphatic heterocycles. The summed E-state index contributed by atoms with van der Waals surface area (Å²) in [6, 6.07) is 5.48. The SMILES string of the molecule is Nc1nc(Cc2ccc(Cl)cc2Cl)nc2c1CCCCC2. The minimum absolute atomic E-state index is 0.577. The maximum Gasteiger partial charge on any atom is 0.135 e. The molecule has 0 amide bonds. The van der Waals surface area contributed by atoms with E-state index in [0.29, 0.717) is 22.3 Å². The number of rotatable bonds is 2. The van der Waals surface area contributed by atoms with Crippen molar-refractivity contribution >= 4 is 29.0 Å². The Morgan fingerprint density at radius 1 is 1.05 bits per heavy atom. The van der Waals surface area contributed by atoms with Gasteiger partial charge in [-0.2, -0.15) is 0 Å². The molecule has 1 aromatic carbocycles. The van der Waals surface area contributed by atoms with Crippen molar-refractivity contribution in [1.82, 2.24) is 9.97 Å². The highest BCUT2D eigenvalue weighted by Crippen LogP contribution is 2.26. The zero-order chi connectivity index (χ0) is 14.8. The number of hydrogen-bond acceptors (Lipinski definition) is 3. The number of aromatic nitrogens is 2. The van der Waals surface area contributed by atoms with Crippen molar-refractivity contribution in [3.8, 4) is 0 Å². The standard InChI is InChI=1S/C16H17Cl2N3/c17-11-7-6-10(13(18)9-11)8-15-20-14-5-3-1-2-4-12(14)16(19)21-15/h6-7,9H,1-5,8H2,(H2,19,20,21). The smallest absolute Gasteiger partial charge is 0.135 e. The molecule has 1 aliphatic rings. The average Bonchev–Trinajstić information content (AvgIpc) is 2.68. The Hall–Kier alpha value is -1.32. The van der Waals surface area contributed by atoms with Gasteiger partial charge < -0.3 is 5.73 Å². The Labute approximate surface area is 134 Å². The van der Waals surface area contributed by atoms with Gasteiger partial charge in [-0.05, 0) is 43.4 Å². The fourth-order valence-electron chi connectivity index (χ4n) is 2.77. The molecule has 1 aromatic heterocycles. The van der Waals surface area contributed by atoms with Gasteiger partial charge in [0.05, 0.1) is 0 Å². The van der Waals surface area contributed by atoms with Crippen LogP contribution in [-0.4, -0.2) is 9.97 Å². The Morgan fingerprint density at radius 3 is 2.67 bits per heavy atom. The van der Waals surface area contributed by atoms with Gasteiger partial charge in [0.15, 0.2) is 0 Å². The quantitative estimate of drug-likeness (QED) is 0.842. The molecule has 2 aromatic rings. The molecule has 3 rings (SSSR count). The van der Waals surface area contributed by atoms with Crippen molar-refractivity contribution < 1.29 is 0 Å². The second-order valence-corrected chi connectivity index (χ2v) is 6.27. The zero-order valence-corrected chi connectivity index (χ0v) is 13.2. The van der Waals surface area contributed by atoms with E-state index in [4.69, 9.17) is 33.9 Å². The summed E-state index contributed by atoms with van der Waals surface area (Å²) < 4.78 is 0. The topological polar surface area (TPSA) is 51.8 Å². The highest BCUT2D eigenvalue weighted by Gasteiger charge is 2.15. The Bertz CT molecular complexity index is 671. The third-order valence-corrected chi connectivity index (χ3v) is 4.46. The zero-order valence-electron chi connectivity index (χ0n) is 11.7. The van der Waals surface area contributed by atoms with Gasteiger partial charge in [0.2, 0.25) is 0 Å².